The molecule has 0 radical (unpaired) electrons. The number of nitrogens with two attached hydrogens (primary N) is 1. The number of aromatic nitrogens is 1. The third-order valence-electron chi connectivity index (χ3n) is 1.80. The van der Waals surface area contributed by atoms with E-state index in [1.165, 1.54) is 3.57 Å². The zero-order valence-corrected chi connectivity index (χ0v) is 10.0. The van der Waals surface area contributed by atoms with Crippen LogP contribution in [0.2, 0.25) is 0 Å². The normalized spacial score (nSPS) is 9.93. The number of nitrogen functional groups attached to an aromatic ring is 1. The molecular weight excluding hydrogens is 303 g/mol. The first-order valence-corrected chi connectivity index (χ1v) is 5.47. The van der Waals surface area contributed by atoms with Gasteiger partial charge in [0.1, 0.15) is 17.3 Å². The Morgan fingerprint density at radius 1 is 1.07 bits per heavy atom. The minimum atomic E-state index is 0.456. The van der Waals surface area contributed by atoms with Gasteiger partial charge in [0.05, 0.1) is 0 Å². The van der Waals surface area contributed by atoms with Crippen LogP contribution in [0.15, 0.2) is 42.6 Å². The van der Waals surface area contributed by atoms with Gasteiger partial charge in [0, 0.05) is 15.8 Å². The maximum absolute atomic E-state index is 5.59. The molecule has 2 aromatic rings. The minimum Gasteiger partial charge on any atom is -0.457 e. The number of benzene rings is 1. The maximum atomic E-state index is 5.59. The lowest BCUT2D eigenvalue weighted by Crippen LogP contribution is -1.90. The number of rotatable bonds is 2. The summed E-state index contributed by atoms with van der Waals surface area (Å²) < 4.78 is 6.77. The molecular formula is C11H9IN2O. The predicted octanol–water partition coefficient (Wildman–Crippen LogP) is 3.06. The average Bonchev–Trinajstić information content (AvgIpc) is 2.22. The third-order valence-corrected chi connectivity index (χ3v) is 2.52. The van der Waals surface area contributed by atoms with E-state index in [0.717, 1.165) is 5.75 Å². The Hall–Kier alpha value is -1.30. The quantitative estimate of drug-likeness (QED) is 0.867. The highest BCUT2D eigenvalue weighted by Gasteiger charge is 1.97. The number of pyridine rings is 1. The summed E-state index contributed by atoms with van der Waals surface area (Å²) in [7, 11) is 0. The van der Waals surface area contributed by atoms with E-state index in [2.05, 4.69) is 27.6 Å². The molecule has 1 aromatic carbocycles. The monoisotopic (exact) mass is 312 g/mol. The van der Waals surface area contributed by atoms with Crippen LogP contribution in [0.25, 0.3) is 0 Å². The van der Waals surface area contributed by atoms with Crippen LogP contribution in [0, 0.1) is 3.57 Å². The number of halogens is 1. The Morgan fingerprint density at radius 2 is 1.80 bits per heavy atom. The van der Waals surface area contributed by atoms with Crippen molar-refractivity contribution in [3.63, 3.8) is 0 Å². The van der Waals surface area contributed by atoms with Gasteiger partial charge in [-0.3, -0.25) is 0 Å². The smallest absolute Gasteiger partial charge is 0.132 e. The van der Waals surface area contributed by atoms with Crippen LogP contribution in [0.4, 0.5) is 5.82 Å². The molecule has 2 rings (SSSR count). The van der Waals surface area contributed by atoms with E-state index < -0.39 is 0 Å². The van der Waals surface area contributed by atoms with Gasteiger partial charge >= 0.3 is 0 Å². The van der Waals surface area contributed by atoms with Crippen molar-refractivity contribution in [2.75, 3.05) is 5.73 Å². The molecule has 0 spiro atoms. The maximum Gasteiger partial charge on any atom is 0.132 e. The van der Waals surface area contributed by atoms with Crippen molar-refractivity contribution in [1.82, 2.24) is 4.98 Å². The van der Waals surface area contributed by atoms with Gasteiger partial charge in [0.15, 0.2) is 0 Å². The number of anilines is 1. The summed E-state index contributed by atoms with van der Waals surface area (Å²) in [4.78, 5) is 3.89. The lowest BCUT2D eigenvalue weighted by atomic mass is 10.3. The highest BCUT2D eigenvalue weighted by Crippen LogP contribution is 2.22. The summed E-state index contributed by atoms with van der Waals surface area (Å²) in [6.07, 6.45) is 1.62. The molecule has 0 saturated carbocycles. The fraction of sp³-hybridized carbons (Fsp3) is 0. The van der Waals surface area contributed by atoms with Crippen LogP contribution in [0.5, 0.6) is 11.5 Å². The molecule has 4 heteroatoms. The third kappa shape index (κ3) is 2.82. The van der Waals surface area contributed by atoms with Crippen molar-refractivity contribution in [3.05, 3.63) is 46.2 Å². The van der Waals surface area contributed by atoms with Crippen LogP contribution in [0.3, 0.4) is 0 Å². The van der Waals surface area contributed by atoms with Gasteiger partial charge in [-0.2, -0.15) is 0 Å². The molecule has 0 bridgehead atoms. The molecule has 0 unspecified atom stereocenters. The highest BCUT2D eigenvalue weighted by atomic mass is 127. The number of hydrogen-bond donors (Lipinski definition) is 1. The summed E-state index contributed by atoms with van der Waals surface area (Å²) in [5.41, 5.74) is 5.54. The predicted molar refractivity (Wildman–Crippen MR) is 67.9 cm³/mol. The molecule has 0 fully saturated rings. The number of hydrogen-bond acceptors (Lipinski definition) is 3. The molecule has 0 saturated heterocycles. The average molecular weight is 312 g/mol. The molecule has 1 aromatic heterocycles. The van der Waals surface area contributed by atoms with Crippen molar-refractivity contribution in [3.8, 4) is 11.5 Å². The van der Waals surface area contributed by atoms with Gasteiger partial charge in [-0.1, -0.05) is 0 Å². The summed E-state index contributed by atoms with van der Waals surface area (Å²) in [5.74, 6) is 1.95. The number of ether oxygens (including phenoxy) is 1. The molecule has 0 amide bonds. The van der Waals surface area contributed by atoms with Crippen LogP contribution in [-0.4, -0.2) is 4.98 Å². The van der Waals surface area contributed by atoms with E-state index in [1.54, 1.807) is 18.3 Å². The molecule has 0 aliphatic heterocycles. The van der Waals surface area contributed by atoms with Crippen LogP contribution in [0.1, 0.15) is 0 Å². The second-order valence-corrected chi connectivity index (χ2v) is 4.22. The van der Waals surface area contributed by atoms with Crippen LogP contribution in [-0.2, 0) is 0 Å². The van der Waals surface area contributed by atoms with E-state index in [4.69, 9.17) is 10.5 Å². The van der Waals surface area contributed by atoms with E-state index >= 15 is 0 Å². The first-order valence-electron chi connectivity index (χ1n) is 4.39. The molecule has 2 N–H and O–H groups in total. The van der Waals surface area contributed by atoms with Crippen molar-refractivity contribution in [2.24, 2.45) is 0 Å². The van der Waals surface area contributed by atoms with Gasteiger partial charge in [0.25, 0.3) is 0 Å². The zero-order valence-electron chi connectivity index (χ0n) is 7.85. The van der Waals surface area contributed by atoms with Crippen LogP contribution >= 0.6 is 22.6 Å². The summed E-state index contributed by atoms with van der Waals surface area (Å²) in [6.45, 7) is 0. The zero-order chi connectivity index (χ0) is 10.7. The Labute approximate surface area is 101 Å². The Bertz CT molecular complexity index is 456. The van der Waals surface area contributed by atoms with E-state index in [0.29, 0.717) is 11.6 Å². The van der Waals surface area contributed by atoms with Crippen molar-refractivity contribution in [1.29, 1.82) is 0 Å². The second-order valence-electron chi connectivity index (χ2n) is 2.97. The summed E-state index contributed by atoms with van der Waals surface area (Å²) in [5, 5.41) is 0. The van der Waals surface area contributed by atoms with Gasteiger partial charge in [-0.05, 0) is 52.9 Å². The van der Waals surface area contributed by atoms with Crippen molar-refractivity contribution < 1.29 is 4.74 Å². The SMILES string of the molecule is Nc1cc(Oc2ccc(I)cc2)ccn1. The lowest BCUT2D eigenvalue weighted by molar-refractivity contribution is 0.482. The van der Waals surface area contributed by atoms with Crippen molar-refractivity contribution in [2.45, 2.75) is 0 Å². The van der Waals surface area contributed by atoms with E-state index in [9.17, 15) is 0 Å². The highest BCUT2D eigenvalue weighted by molar-refractivity contribution is 14.1. The van der Waals surface area contributed by atoms with Gasteiger partial charge in [0.2, 0.25) is 0 Å². The molecule has 1 heterocycles. The Balaban J connectivity index is 2.18. The van der Waals surface area contributed by atoms with Crippen molar-refractivity contribution >= 4 is 28.4 Å². The van der Waals surface area contributed by atoms with E-state index in [1.807, 2.05) is 24.3 Å². The molecule has 76 valence electrons. The largest absolute Gasteiger partial charge is 0.457 e. The summed E-state index contributed by atoms with van der Waals surface area (Å²) in [6, 6.07) is 11.3. The topological polar surface area (TPSA) is 48.1 Å². The van der Waals surface area contributed by atoms with Gasteiger partial charge < -0.3 is 10.5 Å². The molecule has 3 nitrogen and oxygen atoms in total. The van der Waals surface area contributed by atoms with Gasteiger partial charge in [-0.15, -0.1) is 0 Å². The van der Waals surface area contributed by atoms with E-state index in [-0.39, 0.29) is 0 Å². The molecule has 15 heavy (non-hydrogen) atoms. The molecule has 0 atom stereocenters. The fourth-order valence-corrected chi connectivity index (χ4v) is 1.49. The Kier molecular flexibility index (Phi) is 3.05. The second kappa shape index (κ2) is 4.48. The minimum absolute atomic E-state index is 0.456. The van der Waals surface area contributed by atoms with Crippen LogP contribution < -0.4 is 10.5 Å². The fourth-order valence-electron chi connectivity index (χ4n) is 1.13. The molecule has 0 aliphatic rings. The molecule has 0 aliphatic carbocycles. The standard InChI is InChI=1S/C11H9IN2O/c12-8-1-3-9(4-2-8)15-10-5-6-14-11(13)7-10/h1-7H,(H2,13,14). The lowest BCUT2D eigenvalue weighted by Gasteiger charge is -2.05. The first-order chi connectivity index (χ1) is 7.24. The number of nitrogens with zero attached hydrogens (tertiary/aromatic N) is 1. The Morgan fingerprint density at radius 3 is 2.47 bits per heavy atom. The van der Waals surface area contributed by atoms with Gasteiger partial charge in [-0.25, -0.2) is 4.98 Å². The summed E-state index contributed by atoms with van der Waals surface area (Å²) >= 11 is 2.25. The first kappa shape index (κ1) is 10.2.